The predicted octanol–water partition coefficient (Wildman–Crippen LogP) is 0.538. The second-order valence-electron chi connectivity index (χ2n) is 8.23. The summed E-state index contributed by atoms with van der Waals surface area (Å²) < 4.78 is 1.90. The molecule has 1 fully saturated rings. The molecule has 0 radical (unpaired) electrons. The first-order chi connectivity index (χ1) is 17.8. The van der Waals surface area contributed by atoms with Crippen LogP contribution in [0.5, 0.6) is 0 Å². The molecule has 1 aromatic carbocycles. The average Bonchev–Trinajstić information content (AvgIpc) is 3.31. The van der Waals surface area contributed by atoms with Crippen molar-refractivity contribution in [2.24, 2.45) is 5.16 Å². The van der Waals surface area contributed by atoms with Gasteiger partial charge in [0.15, 0.2) is 23.6 Å². The van der Waals surface area contributed by atoms with E-state index in [-0.39, 0.29) is 28.8 Å². The van der Waals surface area contributed by atoms with Gasteiger partial charge < -0.3 is 26.7 Å². The molecule has 5 rings (SSSR count). The van der Waals surface area contributed by atoms with Gasteiger partial charge in [-0.05, 0) is 12.1 Å². The van der Waals surface area contributed by atoms with Crippen molar-refractivity contribution in [3.8, 4) is 0 Å². The Morgan fingerprint density at radius 3 is 2.84 bits per heavy atom. The maximum atomic E-state index is 13.1. The lowest BCUT2D eigenvalue weighted by Gasteiger charge is -2.49. The molecule has 2 atom stereocenters. The number of pyridine rings is 1. The lowest BCUT2D eigenvalue weighted by molar-refractivity contribution is -0.663. The first-order valence-corrected chi connectivity index (χ1v) is 12.9. The second kappa shape index (κ2) is 9.71. The number of thiazole rings is 1. The molecular formula is C23H22N7O5S2+. The Balaban J connectivity index is 1.39. The fraction of sp³-hybridized carbons (Fsp3) is 0.217. The van der Waals surface area contributed by atoms with Crippen molar-refractivity contribution in [1.29, 1.82) is 0 Å². The van der Waals surface area contributed by atoms with Crippen LogP contribution in [0.15, 0.2) is 58.3 Å². The van der Waals surface area contributed by atoms with E-state index in [1.807, 2.05) is 35.0 Å². The molecule has 6 N–H and O–H groups in total. The second-order valence-corrected chi connectivity index (χ2v) is 10.2. The van der Waals surface area contributed by atoms with Gasteiger partial charge in [0.2, 0.25) is 5.52 Å². The van der Waals surface area contributed by atoms with Crippen molar-refractivity contribution < 1.29 is 28.9 Å². The molecule has 3 aromatic rings. The lowest BCUT2D eigenvalue weighted by Crippen LogP contribution is -2.71. The summed E-state index contributed by atoms with van der Waals surface area (Å²) in [6.07, 6.45) is 1.84. The molecule has 0 saturated carbocycles. The highest BCUT2D eigenvalue weighted by Gasteiger charge is 2.54. The molecule has 4 heterocycles. The van der Waals surface area contributed by atoms with Crippen LogP contribution in [0.2, 0.25) is 0 Å². The molecule has 2 aromatic heterocycles. The number of aliphatic carboxylic acids is 1. The summed E-state index contributed by atoms with van der Waals surface area (Å²) >= 11 is 2.51. The van der Waals surface area contributed by atoms with E-state index >= 15 is 0 Å². The number of hydrogen-bond donors (Lipinski definition) is 4. The molecule has 2 aliphatic heterocycles. The van der Waals surface area contributed by atoms with E-state index < -0.39 is 29.2 Å². The van der Waals surface area contributed by atoms with Crippen molar-refractivity contribution in [2.45, 2.75) is 18.0 Å². The quantitative estimate of drug-likeness (QED) is 0.109. The number of carboxylic acid groups (broad SMARTS) is 1. The molecule has 12 nitrogen and oxygen atoms in total. The van der Waals surface area contributed by atoms with E-state index in [2.05, 4.69) is 15.5 Å². The molecule has 0 aliphatic carbocycles. The first-order valence-electron chi connectivity index (χ1n) is 11.0. The number of carboxylic acids is 1. The van der Waals surface area contributed by atoms with Crippen LogP contribution >= 0.6 is 23.1 Å². The molecule has 190 valence electrons. The molecule has 14 heteroatoms. The number of benzene rings is 1. The van der Waals surface area contributed by atoms with Crippen LogP contribution in [-0.2, 0) is 25.8 Å². The number of amides is 2. The lowest BCUT2D eigenvalue weighted by atomic mass is 10.0. The number of oxime groups is 1. The number of aromatic nitrogens is 2. The van der Waals surface area contributed by atoms with Gasteiger partial charge in [-0.15, -0.1) is 23.1 Å². The molecule has 2 aliphatic rings. The number of nitrogen functional groups attached to an aromatic ring is 2. The van der Waals surface area contributed by atoms with Crippen molar-refractivity contribution in [2.75, 3.05) is 24.3 Å². The topological polar surface area (TPSA) is 177 Å². The standard InChI is InChI=1S/C23H21N7O5S2/c1-35-28-16(14-10-37-23(25)26-14)19(31)27-17-20(32)30-18(22(33)34)11(9-36-21(17)30)8-29-7-3-4-12-13(24)5-2-6-15(12)29/h2-7,10,17,21,24H,8-9H2,1H3,(H4,25,26,27,31,33,34)/p+1/t17-,21-/m1/s1. The maximum Gasteiger partial charge on any atom is 0.352 e. The summed E-state index contributed by atoms with van der Waals surface area (Å²) in [5.41, 5.74) is 13.8. The van der Waals surface area contributed by atoms with Crippen LogP contribution in [0, 0.1) is 0 Å². The van der Waals surface area contributed by atoms with Crippen molar-refractivity contribution in [1.82, 2.24) is 15.2 Å². The molecule has 0 bridgehead atoms. The summed E-state index contributed by atoms with van der Waals surface area (Å²) in [6.45, 7) is 0.263. The fourth-order valence-corrected chi connectivity index (χ4v) is 6.26. The minimum absolute atomic E-state index is 0.0780. The van der Waals surface area contributed by atoms with E-state index in [9.17, 15) is 19.5 Å². The number of nitrogens with two attached hydrogens (primary N) is 2. The van der Waals surface area contributed by atoms with Gasteiger partial charge >= 0.3 is 5.97 Å². The number of nitrogens with zero attached hydrogens (tertiary/aromatic N) is 4. The molecule has 0 unspecified atom stereocenters. The van der Waals surface area contributed by atoms with Gasteiger partial charge in [-0.25, -0.2) is 9.78 Å². The zero-order valence-corrected chi connectivity index (χ0v) is 21.1. The Morgan fingerprint density at radius 2 is 2.14 bits per heavy atom. The number of nitrogens with one attached hydrogen (secondary N) is 1. The SMILES string of the molecule is CON=C(C(=O)N[C@@H]1C(=O)N2C(C(=O)O)=C(C[n+]3cccc4c(N)cccc43)CS[C@H]12)c1csc(N)n1. The third kappa shape index (κ3) is 4.34. The van der Waals surface area contributed by atoms with Gasteiger partial charge in [-0.3, -0.25) is 14.5 Å². The van der Waals surface area contributed by atoms with Crippen molar-refractivity contribution >= 4 is 68.3 Å². The van der Waals surface area contributed by atoms with E-state index in [0.29, 0.717) is 17.0 Å². The zero-order valence-electron chi connectivity index (χ0n) is 19.5. The summed E-state index contributed by atoms with van der Waals surface area (Å²) in [4.78, 5) is 48.3. The third-order valence-corrected chi connectivity index (χ3v) is 8.03. The molecule has 2 amide bonds. The number of carbonyl (C=O) groups excluding carboxylic acids is 2. The van der Waals surface area contributed by atoms with Crippen LogP contribution in [0.1, 0.15) is 5.69 Å². The van der Waals surface area contributed by atoms with Crippen LogP contribution < -0.4 is 21.4 Å². The summed E-state index contributed by atoms with van der Waals surface area (Å²) in [7, 11) is 1.28. The van der Waals surface area contributed by atoms with Gasteiger partial charge in [-0.1, -0.05) is 11.2 Å². The fourth-order valence-electron chi connectivity index (χ4n) is 4.38. The van der Waals surface area contributed by atoms with Crippen molar-refractivity contribution in [3.63, 3.8) is 0 Å². The number of β-lactam (4-membered cyclic amide) rings is 1. The van der Waals surface area contributed by atoms with Crippen LogP contribution in [-0.4, -0.2) is 62.8 Å². The highest BCUT2D eigenvalue weighted by molar-refractivity contribution is 8.00. The number of carbonyl (C=O) groups is 3. The normalized spacial score (nSPS) is 19.4. The first kappa shape index (κ1) is 24.5. The van der Waals surface area contributed by atoms with Gasteiger partial charge in [0.25, 0.3) is 11.8 Å². The van der Waals surface area contributed by atoms with E-state index in [1.54, 1.807) is 11.4 Å². The average molecular weight is 541 g/mol. The zero-order chi connectivity index (χ0) is 26.3. The number of thioether (sulfide) groups is 1. The summed E-state index contributed by atoms with van der Waals surface area (Å²) in [6, 6.07) is 8.34. The minimum Gasteiger partial charge on any atom is -0.477 e. The van der Waals surface area contributed by atoms with E-state index in [1.165, 1.54) is 23.8 Å². The Bertz CT molecular complexity index is 1500. The molecule has 1 saturated heterocycles. The van der Waals surface area contributed by atoms with Crippen LogP contribution in [0.4, 0.5) is 10.8 Å². The molecule has 37 heavy (non-hydrogen) atoms. The van der Waals surface area contributed by atoms with Gasteiger partial charge in [0.1, 0.15) is 29.9 Å². The van der Waals surface area contributed by atoms with E-state index in [0.717, 1.165) is 22.2 Å². The highest BCUT2D eigenvalue weighted by atomic mass is 32.2. The largest absolute Gasteiger partial charge is 0.477 e. The van der Waals surface area contributed by atoms with Gasteiger partial charge in [0.05, 0.1) is 5.39 Å². The van der Waals surface area contributed by atoms with Gasteiger partial charge in [0, 0.05) is 34.5 Å². The predicted molar refractivity (Wildman–Crippen MR) is 138 cm³/mol. The van der Waals surface area contributed by atoms with Crippen LogP contribution in [0.3, 0.4) is 0 Å². The van der Waals surface area contributed by atoms with Crippen molar-refractivity contribution in [3.05, 3.63) is 58.9 Å². The highest BCUT2D eigenvalue weighted by Crippen LogP contribution is 2.40. The minimum atomic E-state index is -1.21. The number of rotatable bonds is 7. The van der Waals surface area contributed by atoms with Gasteiger partial charge in [-0.2, -0.15) is 4.57 Å². The Labute approximate surface area is 218 Å². The Kier molecular flexibility index (Phi) is 6.43. The van der Waals surface area contributed by atoms with Crippen LogP contribution in [0.25, 0.3) is 10.9 Å². The third-order valence-electron chi connectivity index (χ3n) is 6.02. The number of anilines is 2. The van der Waals surface area contributed by atoms with E-state index in [4.69, 9.17) is 16.3 Å². The monoisotopic (exact) mass is 540 g/mol. The Morgan fingerprint density at radius 1 is 1.32 bits per heavy atom. The number of hydrogen-bond acceptors (Lipinski definition) is 10. The maximum absolute atomic E-state index is 13.1. The molecule has 0 spiro atoms. The smallest absolute Gasteiger partial charge is 0.352 e. The number of fused-ring (bicyclic) bond motifs is 2. The summed E-state index contributed by atoms with van der Waals surface area (Å²) in [5, 5.41) is 18.5. The summed E-state index contributed by atoms with van der Waals surface area (Å²) in [5.74, 6) is -2.06. The Hall–Kier alpha value is -4.17. The molecular weight excluding hydrogens is 518 g/mol.